The standard InChI is InChI=1S/C14H14Br2N2OS/c1-8(9-4-3-5-10(17)6-9)18(2)14(19)12-7-11(15)13(16)20-12/h3-8H,17H2,1-2H3. The van der Waals surface area contributed by atoms with E-state index in [0.717, 1.165) is 13.8 Å². The first-order valence-corrected chi connectivity index (χ1v) is 8.38. The lowest BCUT2D eigenvalue weighted by Gasteiger charge is -2.25. The molecule has 0 aliphatic heterocycles. The van der Waals surface area contributed by atoms with E-state index in [1.165, 1.54) is 11.3 Å². The van der Waals surface area contributed by atoms with Crippen LogP contribution in [0.15, 0.2) is 38.6 Å². The molecule has 0 aliphatic rings. The minimum Gasteiger partial charge on any atom is -0.399 e. The first-order valence-electron chi connectivity index (χ1n) is 5.97. The largest absolute Gasteiger partial charge is 0.399 e. The molecular formula is C14H14Br2N2OS. The SMILES string of the molecule is CC(c1cccc(N)c1)N(C)C(=O)c1cc(Br)c(Br)s1. The van der Waals surface area contributed by atoms with E-state index < -0.39 is 0 Å². The van der Waals surface area contributed by atoms with Crippen LogP contribution in [-0.2, 0) is 0 Å². The number of rotatable bonds is 3. The molecule has 0 radical (unpaired) electrons. The Labute approximate surface area is 139 Å². The van der Waals surface area contributed by atoms with Crippen molar-refractivity contribution in [3.8, 4) is 0 Å². The fraction of sp³-hybridized carbons (Fsp3) is 0.214. The molecule has 106 valence electrons. The summed E-state index contributed by atoms with van der Waals surface area (Å²) in [5.74, 6) is -0.00340. The number of amides is 1. The van der Waals surface area contributed by atoms with E-state index >= 15 is 0 Å². The molecule has 2 aromatic rings. The molecule has 6 heteroatoms. The van der Waals surface area contributed by atoms with Gasteiger partial charge in [-0.15, -0.1) is 11.3 Å². The molecule has 1 aromatic carbocycles. The van der Waals surface area contributed by atoms with E-state index in [2.05, 4.69) is 31.9 Å². The number of halogens is 2. The van der Waals surface area contributed by atoms with Gasteiger partial charge in [-0.05, 0) is 62.5 Å². The van der Waals surface area contributed by atoms with Crippen LogP contribution in [0.1, 0.15) is 28.2 Å². The van der Waals surface area contributed by atoms with Gasteiger partial charge in [0.1, 0.15) is 0 Å². The van der Waals surface area contributed by atoms with Crippen LogP contribution in [0.4, 0.5) is 5.69 Å². The number of nitrogens with two attached hydrogens (primary N) is 1. The summed E-state index contributed by atoms with van der Waals surface area (Å²) in [5, 5.41) is 0. The molecule has 0 fully saturated rings. The first-order chi connectivity index (χ1) is 9.40. The topological polar surface area (TPSA) is 46.3 Å². The fourth-order valence-corrected chi connectivity index (χ4v) is 3.86. The monoisotopic (exact) mass is 416 g/mol. The van der Waals surface area contributed by atoms with E-state index in [-0.39, 0.29) is 11.9 Å². The van der Waals surface area contributed by atoms with Gasteiger partial charge in [-0.25, -0.2) is 0 Å². The summed E-state index contributed by atoms with van der Waals surface area (Å²) in [4.78, 5) is 14.9. The number of anilines is 1. The lowest BCUT2D eigenvalue weighted by atomic mass is 10.1. The van der Waals surface area contributed by atoms with Gasteiger partial charge in [0.2, 0.25) is 0 Å². The molecule has 1 heterocycles. The van der Waals surface area contributed by atoms with Gasteiger partial charge in [0.05, 0.1) is 14.7 Å². The fourth-order valence-electron chi connectivity index (χ4n) is 1.84. The third-order valence-electron chi connectivity index (χ3n) is 3.15. The Balaban J connectivity index is 2.22. The van der Waals surface area contributed by atoms with Crippen LogP contribution in [0, 0.1) is 0 Å². The van der Waals surface area contributed by atoms with Crippen LogP contribution in [0.5, 0.6) is 0 Å². The number of benzene rings is 1. The normalized spacial score (nSPS) is 12.2. The van der Waals surface area contributed by atoms with Crippen LogP contribution in [0.2, 0.25) is 0 Å². The van der Waals surface area contributed by atoms with E-state index in [1.54, 1.807) is 11.9 Å². The van der Waals surface area contributed by atoms with Crippen molar-refractivity contribution in [1.29, 1.82) is 0 Å². The zero-order valence-corrected chi connectivity index (χ0v) is 15.0. The highest BCUT2D eigenvalue weighted by molar-refractivity contribution is 9.13. The molecule has 0 aliphatic carbocycles. The zero-order chi connectivity index (χ0) is 14.9. The van der Waals surface area contributed by atoms with Crippen LogP contribution in [0.3, 0.4) is 0 Å². The van der Waals surface area contributed by atoms with Crippen LogP contribution >= 0.6 is 43.2 Å². The molecule has 0 saturated carbocycles. The zero-order valence-electron chi connectivity index (χ0n) is 11.1. The summed E-state index contributed by atoms with van der Waals surface area (Å²) < 4.78 is 1.82. The lowest BCUT2D eigenvalue weighted by Crippen LogP contribution is -2.29. The lowest BCUT2D eigenvalue weighted by molar-refractivity contribution is 0.0747. The number of hydrogen-bond acceptors (Lipinski definition) is 3. The Morgan fingerprint density at radius 2 is 2.05 bits per heavy atom. The van der Waals surface area contributed by atoms with Crippen molar-refractivity contribution in [2.45, 2.75) is 13.0 Å². The summed E-state index contributed by atoms with van der Waals surface area (Å²) >= 11 is 8.23. The molecule has 1 amide bonds. The molecule has 0 bridgehead atoms. The van der Waals surface area contributed by atoms with E-state index in [1.807, 2.05) is 37.3 Å². The average molecular weight is 418 g/mol. The Bertz CT molecular complexity index is 622. The predicted molar refractivity (Wildman–Crippen MR) is 91.1 cm³/mol. The van der Waals surface area contributed by atoms with Crippen molar-refractivity contribution in [3.05, 3.63) is 49.0 Å². The summed E-state index contributed by atoms with van der Waals surface area (Å²) in [7, 11) is 1.80. The van der Waals surface area contributed by atoms with Gasteiger partial charge in [0.15, 0.2) is 0 Å². The Kier molecular flexibility index (Phi) is 4.88. The van der Waals surface area contributed by atoms with Gasteiger partial charge >= 0.3 is 0 Å². The maximum atomic E-state index is 12.5. The molecule has 2 N–H and O–H groups in total. The van der Waals surface area contributed by atoms with Crippen LogP contribution < -0.4 is 5.73 Å². The summed E-state index contributed by atoms with van der Waals surface area (Å²) in [6.07, 6.45) is 0. The second kappa shape index (κ2) is 6.28. The minimum absolute atomic E-state index is 0.00340. The van der Waals surface area contributed by atoms with Crippen molar-refractivity contribution in [2.24, 2.45) is 0 Å². The van der Waals surface area contributed by atoms with Gasteiger partial charge in [0.25, 0.3) is 5.91 Å². The minimum atomic E-state index is -0.0364. The van der Waals surface area contributed by atoms with Crippen molar-refractivity contribution >= 4 is 54.8 Å². The van der Waals surface area contributed by atoms with Crippen LogP contribution in [0.25, 0.3) is 0 Å². The molecule has 1 unspecified atom stereocenters. The number of nitrogens with zero attached hydrogens (tertiary/aromatic N) is 1. The molecule has 1 atom stereocenters. The summed E-state index contributed by atoms with van der Waals surface area (Å²) in [6.45, 7) is 1.99. The summed E-state index contributed by atoms with van der Waals surface area (Å²) in [6, 6.07) is 9.41. The molecule has 3 nitrogen and oxygen atoms in total. The Morgan fingerprint density at radius 1 is 1.35 bits per heavy atom. The number of carbonyl (C=O) groups is 1. The molecule has 2 rings (SSSR count). The molecule has 1 aromatic heterocycles. The number of hydrogen-bond donors (Lipinski definition) is 1. The van der Waals surface area contributed by atoms with E-state index in [0.29, 0.717) is 10.6 Å². The molecule has 0 saturated heterocycles. The van der Waals surface area contributed by atoms with Crippen LogP contribution in [-0.4, -0.2) is 17.9 Å². The third-order valence-corrected chi connectivity index (χ3v) is 6.39. The molecular weight excluding hydrogens is 404 g/mol. The maximum Gasteiger partial charge on any atom is 0.264 e. The van der Waals surface area contributed by atoms with Gasteiger partial charge in [-0.3, -0.25) is 4.79 Å². The molecule has 0 spiro atoms. The van der Waals surface area contributed by atoms with Gasteiger partial charge in [0, 0.05) is 17.2 Å². The third kappa shape index (κ3) is 3.24. The Morgan fingerprint density at radius 3 is 2.60 bits per heavy atom. The second-order valence-corrected chi connectivity index (χ2v) is 7.72. The number of carbonyl (C=O) groups excluding carboxylic acids is 1. The van der Waals surface area contributed by atoms with Crippen molar-refractivity contribution in [1.82, 2.24) is 4.90 Å². The van der Waals surface area contributed by atoms with Crippen molar-refractivity contribution in [2.75, 3.05) is 12.8 Å². The van der Waals surface area contributed by atoms with E-state index in [4.69, 9.17) is 5.73 Å². The highest BCUT2D eigenvalue weighted by atomic mass is 79.9. The van der Waals surface area contributed by atoms with E-state index in [9.17, 15) is 4.79 Å². The molecule has 20 heavy (non-hydrogen) atoms. The van der Waals surface area contributed by atoms with Gasteiger partial charge < -0.3 is 10.6 Å². The number of thiophene rings is 1. The quantitative estimate of drug-likeness (QED) is 0.736. The maximum absolute atomic E-state index is 12.5. The van der Waals surface area contributed by atoms with Gasteiger partial charge in [-0.2, -0.15) is 0 Å². The predicted octanol–water partition coefficient (Wildman–Crippen LogP) is 4.69. The van der Waals surface area contributed by atoms with Gasteiger partial charge in [-0.1, -0.05) is 12.1 Å². The first kappa shape index (κ1) is 15.5. The number of nitrogen functional groups attached to an aromatic ring is 1. The average Bonchev–Trinajstić information content (AvgIpc) is 2.76. The smallest absolute Gasteiger partial charge is 0.264 e. The highest BCUT2D eigenvalue weighted by Gasteiger charge is 2.21. The van der Waals surface area contributed by atoms with Crippen molar-refractivity contribution < 1.29 is 4.79 Å². The van der Waals surface area contributed by atoms with Crippen molar-refractivity contribution in [3.63, 3.8) is 0 Å². The summed E-state index contributed by atoms with van der Waals surface area (Å²) in [5.41, 5.74) is 7.52. The Hall–Kier alpha value is -0.850. The highest BCUT2D eigenvalue weighted by Crippen LogP contribution is 2.34. The second-order valence-electron chi connectivity index (χ2n) is 4.49.